The van der Waals surface area contributed by atoms with E-state index in [2.05, 4.69) is 14.0 Å². The second kappa shape index (κ2) is 7.35. The van der Waals surface area contributed by atoms with Gasteiger partial charge in [0.15, 0.2) is 13.2 Å². The summed E-state index contributed by atoms with van der Waals surface area (Å²) in [5, 5.41) is -0.232. The van der Waals surface area contributed by atoms with E-state index in [1.807, 2.05) is 0 Å². The molecule has 0 saturated carbocycles. The number of benzene rings is 2. The Morgan fingerprint density at radius 2 is 1.14 bits per heavy atom. The van der Waals surface area contributed by atoms with E-state index in [1.54, 1.807) is 12.1 Å². The maximum atomic E-state index is 13.3. The van der Waals surface area contributed by atoms with E-state index < -0.39 is 33.2 Å². The first-order chi connectivity index (χ1) is 13.0. The highest BCUT2D eigenvalue weighted by atomic mass is 31.2. The molecule has 3 rings (SSSR count). The Bertz CT molecular complexity index is 974. The van der Waals surface area contributed by atoms with Crippen molar-refractivity contribution in [3.8, 4) is 0 Å². The molecule has 4 nitrogen and oxygen atoms in total. The number of para-hydroxylation sites is 2. The molecule has 0 aliphatic heterocycles. The van der Waals surface area contributed by atoms with E-state index in [0.717, 1.165) is 0 Å². The zero-order valence-corrected chi connectivity index (χ0v) is 14.8. The molecule has 0 bridgehead atoms. The quantitative estimate of drug-likeness (QED) is 0.315. The van der Waals surface area contributed by atoms with Gasteiger partial charge in [-0.25, -0.2) is 4.98 Å². The first-order valence-electron chi connectivity index (χ1n) is 7.79. The average Bonchev–Trinajstić information content (AvgIpc) is 2.61. The van der Waals surface area contributed by atoms with Crippen LogP contribution >= 0.6 is 7.60 Å². The predicted octanol–water partition coefficient (Wildman–Crippen LogP) is 5.36. The molecule has 0 fully saturated rings. The predicted molar refractivity (Wildman–Crippen MR) is 90.5 cm³/mol. The molecule has 0 aliphatic carbocycles. The number of halogens is 6. The minimum absolute atomic E-state index is 0.0777. The summed E-state index contributed by atoms with van der Waals surface area (Å²) < 4.78 is 98.2. The number of hydrogen-bond donors (Lipinski definition) is 0. The van der Waals surface area contributed by atoms with E-state index in [9.17, 15) is 30.9 Å². The van der Waals surface area contributed by atoms with Gasteiger partial charge in [0.1, 0.15) is 0 Å². The summed E-state index contributed by atoms with van der Waals surface area (Å²) in [6, 6.07) is 11.9. The summed E-state index contributed by atoms with van der Waals surface area (Å²) >= 11 is 0. The Balaban J connectivity index is 2.25. The number of alkyl halides is 6. The summed E-state index contributed by atoms with van der Waals surface area (Å²) in [4.78, 5) is 4.29. The number of aromatic nitrogens is 1. The van der Waals surface area contributed by atoms with Gasteiger partial charge in [-0.05, 0) is 12.1 Å². The normalized spacial score (nSPS) is 13.4. The highest BCUT2D eigenvalue weighted by Crippen LogP contribution is 2.52. The minimum Gasteiger partial charge on any atom is -0.296 e. The molecule has 28 heavy (non-hydrogen) atoms. The molecule has 1 heterocycles. The zero-order valence-electron chi connectivity index (χ0n) is 13.9. The van der Waals surface area contributed by atoms with Gasteiger partial charge >= 0.3 is 19.9 Å². The van der Waals surface area contributed by atoms with Crippen molar-refractivity contribution in [3.05, 3.63) is 48.5 Å². The number of nitrogens with zero attached hydrogens (tertiary/aromatic N) is 1. The molecule has 0 radical (unpaired) electrons. The van der Waals surface area contributed by atoms with Crippen LogP contribution in [0.5, 0.6) is 0 Å². The van der Waals surface area contributed by atoms with Crippen LogP contribution in [0.2, 0.25) is 0 Å². The van der Waals surface area contributed by atoms with Crippen molar-refractivity contribution < 1.29 is 40.0 Å². The fourth-order valence-corrected chi connectivity index (χ4v) is 4.53. The number of pyridine rings is 1. The van der Waals surface area contributed by atoms with Gasteiger partial charge in [-0.2, -0.15) is 26.3 Å². The molecular weight excluding hydrogens is 411 g/mol. The first kappa shape index (κ1) is 20.6. The van der Waals surface area contributed by atoms with Crippen LogP contribution < -0.4 is 5.30 Å². The molecule has 0 unspecified atom stereocenters. The van der Waals surface area contributed by atoms with E-state index in [4.69, 9.17) is 0 Å². The lowest BCUT2D eigenvalue weighted by molar-refractivity contribution is -0.164. The smallest absolute Gasteiger partial charge is 0.296 e. The fraction of sp³-hybridized carbons (Fsp3) is 0.235. The van der Waals surface area contributed by atoms with Crippen molar-refractivity contribution >= 4 is 34.7 Å². The molecule has 2 aromatic carbocycles. The Labute approximate surface area is 154 Å². The van der Waals surface area contributed by atoms with Crippen molar-refractivity contribution in [2.24, 2.45) is 0 Å². The standard InChI is InChI=1S/C17H12F6NO3P/c18-16(19,20)9-26-28(25,27-10-17(21,22)23)15-11-5-1-3-7-13(11)24-14-8-4-2-6-12(14)15/h1-8H,9-10H2. The van der Waals surface area contributed by atoms with Gasteiger partial charge in [0.25, 0.3) is 0 Å². The van der Waals surface area contributed by atoms with Crippen LogP contribution in [0.15, 0.2) is 48.5 Å². The largest absolute Gasteiger partial charge is 0.412 e. The molecule has 0 atom stereocenters. The summed E-state index contributed by atoms with van der Waals surface area (Å²) in [7, 11) is -5.04. The van der Waals surface area contributed by atoms with Gasteiger partial charge in [-0.15, -0.1) is 0 Å². The van der Waals surface area contributed by atoms with Crippen LogP contribution in [-0.4, -0.2) is 30.6 Å². The minimum atomic E-state index is -5.04. The third-order valence-corrected chi connectivity index (χ3v) is 5.60. The summed E-state index contributed by atoms with van der Waals surface area (Å²) in [5.74, 6) is 0. The molecular formula is C17H12F6NO3P. The van der Waals surface area contributed by atoms with Gasteiger partial charge in [0, 0.05) is 10.8 Å². The Morgan fingerprint density at radius 3 is 1.54 bits per heavy atom. The number of rotatable bonds is 5. The Hall–Kier alpha value is -2.16. The zero-order chi connectivity index (χ0) is 20.6. The van der Waals surface area contributed by atoms with E-state index in [0.29, 0.717) is 0 Å². The molecule has 11 heteroatoms. The third kappa shape index (κ3) is 4.63. The second-order valence-corrected chi connectivity index (χ2v) is 7.73. The molecule has 0 aliphatic rings. The lowest BCUT2D eigenvalue weighted by Gasteiger charge is -2.23. The van der Waals surface area contributed by atoms with Crippen molar-refractivity contribution in [3.63, 3.8) is 0 Å². The molecule has 1 aromatic heterocycles. The highest BCUT2D eigenvalue weighted by Gasteiger charge is 2.41. The van der Waals surface area contributed by atoms with Crippen molar-refractivity contribution in [2.75, 3.05) is 13.2 Å². The van der Waals surface area contributed by atoms with Gasteiger partial charge in [-0.3, -0.25) is 13.6 Å². The molecule has 0 amide bonds. The number of hydrogen-bond acceptors (Lipinski definition) is 4. The maximum Gasteiger partial charge on any atom is 0.412 e. The molecule has 3 aromatic rings. The van der Waals surface area contributed by atoms with Crippen molar-refractivity contribution in [1.82, 2.24) is 4.98 Å². The number of fused-ring (bicyclic) bond motifs is 2. The highest BCUT2D eigenvalue weighted by molar-refractivity contribution is 7.63. The van der Waals surface area contributed by atoms with Crippen LogP contribution in [0.3, 0.4) is 0 Å². The third-order valence-electron chi connectivity index (χ3n) is 3.63. The second-order valence-electron chi connectivity index (χ2n) is 5.77. The van der Waals surface area contributed by atoms with Crippen LogP contribution in [0.1, 0.15) is 0 Å². The van der Waals surface area contributed by atoms with Gasteiger partial charge in [0.05, 0.1) is 16.3 Å². The van der Waals surface area contributed by atoms with Gasteiger partial charge in [-0.1, -0.05) is 36.4 Å². The van der Waals surface area contributed by atoms with E-state index >= 15 is 0 Å². The summed E-state index contributed by atoms with van der Waals surface area (Å²) in [6.45, 7) is -4.07. The SMILES string of the molecule is O=P(OCC(F)(F)F)(OCC(F)(F)F)c1c2ccccc2nc2ccccc12. The van der Waals surface area contributed by atoms with Crippen molar-refractivity contribution in [1.29, 1.82) is 0 Å². The van der Waals surface area contributed by atoms with Crippen molar-refractivity contribution in [2.45, 2.75) is 12.4 Å². The summed E-state index contributed by atoms with van der Waals surface area (Å²) in [6.07, 6.45) is -9.84. The van der Waals surface area contributed by atoms with Gasteiger partial charge in [0.2, 0.25) is 0 Å². The molecule has 0 spiro atoms. The Kier molecular flexibility index (Phi) is 5.40. The lowest BCUT2D eigenvalue weighted by Crippen LogP contribution is -2.24. The Morgan fingerprint density at radius 1 is 0.750 bits per heavy atom. The molecule has 150 valence electrons. The monoisotopic (exact) mass is 423 g/mol. The van der Waals surface area contributed by atoms with E-state index in [1.165, 1.54) is 36.4 Å². The maximum absolute atomic E-state index is 13.3. The fourth-order valence-electron chi connectivity index (χ4n) is 2.60. The average molecular weight is 423 g/mol. The van der Waals surface area contributed by atoms with Crippen LogP contribution in [-0.2, 0) is 13.6 Å². The van der Waals surface area contributed by atoms with E-state index in [-0.39, 0.29) is 27.1 Å². The summed E-state index contributed by atoms with van der Waals surface area (Å²) in [5.41, 5.74) is 0.449. The van der Waals surface area contributed by atoms with Crippen LogP contribution in [0.25, 0.3) is 21.8 Å². The topological polar surface area (TPSA) is 48.4 Å². The molecule has 0 N–H and O–H groups in total. The van der Waals surface area contributed by atoms with Crippen LogP contribution in [0.4, 0.5) is 26.3 Å². The van der Waals surface area contributed by atoms with Gasteiger partial charge < -0.3 is 0 Å². The molecule has 0 saturated heterocycles. The van der Waals surface area contributed by atoms with Crippen LogP contribution in [0, 0.1) is 0 Å². The first-order valence-corrected chi connectivity index (χ1v) is 9.33. The lowest BCUT2D eigenvalue weighted by atomic mass is 10.1.